The van der Waals surface area contributed by atoms with E-state index in [9.17, 15) is 0 Å². The SMILES string of the molecule is COc1ccc(CN[C@@H](C)c2ccc(Br)cc2)cc1C. The number of aryl methyl sites for hydroxylation is 1. The molecular weight excluding hydrogens is 314 g/mol. The summed E-state index contributed by atoms with van der Waals surface area (Å²) in [5.41, 5.74) is 3.73. The van der Waals surface area contributed by atoms with Crippen LogP contribution in [0.2, 0.25) is 0 Å². The van der Waals surface area contributed by atoms with E-state index >= 15 is 0 Å². The molecule has 106 valence electrons. The van der Waals surface area contributed by atoms with Gasteiger partial charge in [0.25, 0.3) is 0 Å². The van der Waals surface area contributed by atoms with E-state index in [2.05, 4.69) is 71.5 Å². The van der Waals surface area contributed by atoms with Crippen LogP contribution in [0.1, 0.15) is 29.7 Å². The highest BCUT2D eigenvalue weighted by atomic mass is 79.9. The van der Waals surface area contributed by atoms with Crippen LogP contribution in [-0.2, 0) is 6.54 Å². The molecule has 2 nitrogen and oxygen atoms in total. The average Bonchev–Trinajstić information content (AvgIpc) is 2.45. The van der Waals surface area contributed by atoms with Gasteiger partial charge in [0.05, 0.1) is 7.11 Å². The molecule has 1 atom stereocenters. The molecule has 20 heavy (non-hydrogen) atoms. The molecule has 0 spiro atoms. The third kappa shape index (κ3) is 3.84. The molecule has 0 heterocycles. The number of rotatable bonds is 5. The quantitative estimate of drug-likeness (QED) is 0.862. The van der Waals surface area contributed by atoms with Gasteiger partial charge in [0, 0.05) is 17.1 Å². The van der Waals surface area contributed by atoms with E-state index in [0.29, 0.717) is 6.04 Å². The zero-order valence-electron chi connectivity index (χ0n) is 12.1. The third-order valence-electron chi connectivity index (χ3n) is 3.44. The minimum Gasteiger partial charge on any atom is -0.496 e. The normalized spacial score (nSPS) is 12.2. The minimum atomic E-state index is 0.325. The molecule has 0 amide bonds. The second kappa shape index (κ2) is 6.91. The van der Waals surface area contributed by atoms with Gasteiger partial charge < -0.3 is 10.1 Å². The maximum absolute atomic E-state index is 5.28. The fourth-order valence-electron chi connectivity index (χ4n) is 2.19. The Balaban J connectivity index is 1.97. The summed E-state index contributed by atoms with van der Waals surface area (Å²) < 4.78 is 6.39. The van der Waals surface area contributed by atoms with E-state index in [4.69, 9.17) is 4.74 Å². The number of hydrogen-bond acceptors (Lipinski definition) is 2. The van der Waals surface area contributed by atoms with Crippen molar-refractivity contribution in [1.82, 2.24) is 5.32 Å². The zero-order valence-corrected chi connectivity index (χ0v) is 13.7. The highest BCUT2D eigenvalue weighted by Gasteiger charge is 2.05. The summed E-state index contributed by atoms with van der Waals surface area (Å²) in [6, 6.07) is 15.0. The summed E-state index contributed by atoms with van der Waals surface area (Å²) in [6.07, 6.45) is 0. The van der Waals surface area contributed by atoms with Gasteiger partial charge >= 0.3 is 0 Å². The molecule has 0 saturated heterocycles. The lowest BCUT2D eigenvalue weighted by Crippen LogP contribution is -2.18. The van der Waals surface area contributed by atoms with Gasteiger partial charge in [-0.15, -0.1) is 0 Å². The molecule has 0 fully saturated rings. The van der Waals surface area contributed by atoms with E-state index in [1.807, 2.05) is 6.07 Å². The predicted molar refractivity (Wildman–Crippen MR) is 87.1 cm³/mol. The molecular formula is C17H20BrNO. The number of benzene rings is 2. The van der Waals surface area contributed by atoms with Crippen molar-refractivity contribution in [3.8, 4) is 5.75 Å². The molecule has 3 heteroatoms. The Bertz CT molecular complexity index is 566. The van der Waals surface area contributed by atoms with Crippen LogP contribution >= 0.6 is 15.9 Å². The molecule has 0 unspecified atom stereocenters. The van der Waals surface area contributed by atoms with Gasteiger partial charge in [-0.05, 0) is 48.7 Å². The smallest absolute Gasteiger partial charge is 0.121 e. The summed E-state index contributed by atoms with van der Waals surface area (Å²) in [7, 11) is 1.70. The van der Waals surface area contributed by atoms with Crippen LogP contribution in [-0.4, -0.2) is 7.11 Å². The van der Waals surface area contributed by atoms with E-state index in [0.717, 1.165) is 16.8 Å². The van der Waals surface area contributed by atoms with Gasteiger partial charge in [-0.1, -0.05) is 40.2 Å². The Morgan fingerprint density at radius 2 is 1.85 bits per heavy atom. The van der Waals surface area contributed by atoms with Gasteiger partial charge in [0.1, 0.15) is 5.75 Å². The Kier molecular flexibility index (Phi) is 5.21. The average molecular weight is 334 g/mol. The van der Waals surface area contributed by atoms with Crippen molar-refractivity contribution in [3.05, 3.63) is 63.6 Å². The third-order valence-corrected chi connectivity index (χ3v) is 3.97. The summed E-state index contributed by atoms with van der Waals surface area (Å²) in [5, 5.41) is 3.54. The molecule has 0 aliphatic heterocycles. The Hall–Kier alpha value is -1.32. The van der Waals surface area contributed by atoms with Crippen molar-refractivity contribution >= 4 is 15.9 Å². The number of ether oxygens (including phenoxy) is 1. The molecule has 2 aromatic carbocycles. The van der Waals surface area contributed by atoms with Gasteiger partial charge in [0.2, 0.25) is 0 Å². The van der Waals surface area contributed by atoms with Crippen LogP contribution in [0.25, 0.3) is 0 Å². The Labute approximate surface area is 129 Å². The summed E-state index contributed by atoms with van der Waals surface area (Å²) >= 11 is 3.46. The lowest BCUT2D eigenvalue weighted by atomic mass is 10.1. The first-order valence-electron chi connectivity index (χ1n) is 6.72. The summed E-state index contributed by atoms with van der Waals surface area (Å²) in [5.74, 6) is 0.940. The van der Waals surface area contributed by atoms with Crippen molar-refractivity contribution < 1.29 is 4.74 Å². The lowest BCUT2D eigenvalue weighted by Gasteiger charge is -2.15. The van der Waals surface area contributed by atoms with Crippen LogP contribution in [0.4, 0.5) is 0 Å². The Morgan fingerprint density at radius 1 is 1.15 bits per heavy atom. The van der Waals surface area contributed by atoms with Crippen molar-refractivity contribution in [2.45, 2.75) is 26.4 Å². The van der Waals surface area contributed by atoms with Crippen LogP contribution < -0.4 is 10.1 Å². The first kappa shape index (κ1) is 15.1. The van der Waals surface area contributed by atoms with Crippen LogP contribution in [0.5, 0.6) is 5.75 Å². The first-order valence-corrected chi connectivity index (χ1v) is 7.52. The standard InChI is InChI=1S/C17H20BrNO/c1-12-10-14(4-9-17(12)20-3)11-19-13(2)15-5-7-16(18)8-6-15/h4-10,13,19H,11H2,1-3H3/t13-/m0/s1. The van der Waals surface area contributed by atoms with Crippen LogP contribution in [0, 0.1) is 6.92 Å². The topological polar surface area (TPSA) is 21.3 Å². The molecule has 2 rings (SSSR count). The van der Waals surface area contributed by atoms with Gasteiger partial charge in [-0.2, -0.15) is 0 Å². The highest BCUT2D eigenvalue weighted by molar-refractivity contribution is 9.10. The predicted octanol–water partition coefficient (Wildman–Crippen LogP) is 4.62. The molecule has 0 aliphatic rings. The second-order valence-electron chi connectivity index (χ2n) is 4.96. The maximum atomic E-state index is 5.28. The number of methoxy groups -OCH3 is 1. The summed E-state index contributed by atoms with van der Waals surface area (Å²) in [4.78, 5) is 0. The second-order valence-corrected chi connectivity index (χ2v) is 5.87. The van der Waals surface area contributed by atoms with Crippen molar-refractivity contribution in [2.24, 2.45) is 0 Å². The fraction of sp³-hybridized carbons (Fsp3) is 0.294. The molecule has 2 aromatic rings. The first-order chi connectivity index (χ1) is 9.60. The van der Waals surface area contributed by atoms with E-state index in [-0.39, 0.29) is 0 Å². The highest BCUT2D eigenvalue weighted by Crippen LogP contribution is 2.20. The molecule has 0 radical (unpaired) electrons. The van der Waals surface area contributed by atoms with E-state index in [1.165, 1.54) is 16.7 Å². The van der Waals surface area contributed by atoms with Crippen molar-refractivity contribution in [3.63, 3.8) is 0 Å². The molecule has 0 aliphatic carbocycles. The number of halogens is 1. The minimum absolute atomic E-state index is 0.325. The largest absolute Gasteiger partial charge is 0.496 e. The molecule has 0 aromatic heterocycles. The monoisotopic (exact) mass is 333 g/mol. The van der Waals surface area contributed by atoms with Gasteiger partial charge in [-0.25, -0.2) is 0 Å². The zero-order chi connectivity index (χ0) is 14.5. The Morgan fingerprint density at radius 3 is 2.45 bits per heavy atom. The van der Waals surface area contributed by atoms with E-state index < -0.39 is 0 Å². The molecule has 0 saturated carbocycles. The number of hydrogen-bond donors (Lipinski definition) is 1. The maximum Gasteiger partial charge on any atom is 0.121 e. The van der Waals surface area contributed by atoms with E-state index in [1.54, 1.807) is 7.11 Å². The van der Waals surface area contributed by atoms with Crippen molar-refractivity contribution in [2.75, 3.05) is 7.11 Å². The summed E-state index contributed by atoms with van der Waals surface area (Å²) in [6.45, 7) is 5.10. The van der Waals surface area contributed by atoms with Crippen LogP contribution in [0.15, 0.2) is 46.9 Å². The van der Waals surface area contributed by atoms with Crippen LogP contribution in [0.3, 0.4) is 0 Å². The fourth-order valence-corrected chi connectivity index (χ4v) is 2.46. The molecule has 0 bridgehead atoms. The lowest BCUT2D eigenvalue weighted by molar-refractivity contribution is 0.411. The molecule has 1 N–H and O–H groups in total. The van der Waals surface area contributed by atoms with Gasteiger partial charge in [0.15, 0.2) is 0 Å². The van der Waals surface area contributed by atoms with Crippen molar-refractivity contribution in [1.29, 1.82) is 0 Å². The van der Waals surface area contributed by atoms with Gasteiger partial charge in [-0.3, -0.25) is 0 Å². The number of nitrogens with one attached hydrogen (secondary N) is 1.